The topological polar surface area (TPSA) is 34.1 Å². The van der Waals surface area contributed by atoms with Gasteiger partial charge in [-0.15, -0.1) is 0 Å². The molecule has 0 N–H and O–H groups in total. The van der Waals surface area contributed by atoms with Crippen molar-refractivity contribution in [1.82, 2.24) is 0 Å². The number of fused-ring (bicyclic) bond motifs is 5. The molecular weight excluding hydrogens is 284 g/mol. The smallest absolute Gasteiger partial charge is 0.155 e. The molecule has 126 valence electrons. The minimum Gasteiger partial charge on any atom is -0.303 e. The molecule has 0 bridgehead atoms. The highest BCUT2D eigenvalue weighted by Crippen LogP contribution is 2.61. The molecular formula is C21H30O2. The highest BCUT2D eigenvalue weighted by Gasteiger charge is 2.55. The van der Waals surface area contributed by atoms with Crippen LogP contribution in [-0.2, 0) is 9.59 Å². The van der Waals surface area contributed by atoms with Gasteiger partial charge in [-0.1, -0.05) is 32.9 Å². The molecule has 2 fully saturated rings. The van der Waals surface area contributed by atoms with Crippen molar-refractivity contribution in [2.75, 3.05) is 0 Å². The second kappa shape index (κ2) is 6.37. The van der Waals surface area contributed by atoms with Crippen molar-refractivity contribution in [3.63, 3.8) is 0 Å². The van der Waals surface area contributed by atoms with Gasteiger partial charge in [-0.25, -0.2) is 0 Å². The van der Waals surface area contributed by atoms with Gasteiger partial charge in [0.1, 0.15) is 6.29 Å². The average Bonchev–Trinajstić information content (AvgIpc) is 2.92. The second-order valence-corrected chi connectivity index (χ2v) is 7.83. The quantitative estimate of drug-likeness (QED) is 0.655. The molecule has 0 aromatic carbocycles. The molecule has 0 aliphatic heterocycles. The predicted octanol–water partition coefficient (Wildman–Crippen LogP) is 4.75. The molecule has 4 aliphatic carbocycles. The molecule has 23 heavy (non-hydrogen) atoms. The summed E-state index contributed by atoms with van der Waals surface area (Å²) >= 11 is 0. The van der Waals surface area contributed by atoms with Crippen LogP contribution in [0.5, 0.6) is 0 Å². The third kappa shape index (κ3) is 2.55. The normalized spacial score (nSPS) is 44.2. The first-order valence-electron chi connectivity index (χ1n) is 9.51. The molecule has 4 rings (SSSR count). The summed E-state index contributed by atoms with van der Waals surface area (Å²) in [6.45, 7) is 6.35. The lowest BCUT2D eigenvalue weighted by atomic mass is 9.53. The summed E-state index contributed by atoms with van der Waals surface area (Å²) in [6, 6.07) is 0. The number of hydrogen-bond acceptors (Lipinski definition) is 2. The molecule has 0 radical (unpaired) electrons. The monoisotopic (exact) mass is 314 g/mol. The van der Waals surface area contributed by atoms with Crippen LogP contribution in [0.15, 0.2) is 23.8 Å². The van der Waals surface area contributed by atoms with Crippen molar-refractivity contribution in [1.29, 1.82) is 0 Å². The summed E-state index contributed by atoms with van der Waals surface area (Å²) in [7, 11) is 0. The molecule has 0 aromatic rings. The number of allylic oxidation sites excluding steroid dienone is 4. The lowest BCUT2D eigenvalue weighted by Crippen LogP contribution is -2.45. The Bertz CT molecular complexity index is 544. The zero-order valence-corrected chi connectivity index (χ0v) is 14.8. The second-order valence-electron chi connectivity index (χ2n) is 7.83. The Hall–Kier alpha value is -1.18. The van der Waals surface area contributed by atoms with Crippen molar-refractivity contribution >= 4 is 12.1 Å². The number of rotatable bonds is 1. The predicted molar refractivity (Wildman–Crippen MR) is 92.9 cm³/mol. The fraction of sp³-hybridized carbons (Fsp3) is 0.714. The summed E-state index contributed by atoms with van der Waals surface area (Å²) in [6.07, 6.45) is 14.2. The van der Waals surface area contributed by atoms with E-state index in [4.69, 9.17) is 0 Å². The summed E-state index contributed by atoms with van der Waals surface area (Å²) in [5.41, 5.74) is 1.50. The van der Waals surface area contributed by atoms with Gasteiger partial charge < -0.3 is 4.79 Å². The largest absolute Gasteiger partial charge is 0.303 e. The maximum Gasteiger partial charge on any atom is 0.155 e. The standard InChI is InChI=1S/C19H24O2.C2H6/c1-19-9-8-16-15-6-4-14(21)10-12(15)2-5-17(16)18(19)7-3-13(19)11-20;1-2/h2,5,10-11,13,15-18H,3-4,6-9H2,1H3;1-2H3/t13?,15?,16?,17?,18?,19-;/m1./s1. The zero-order chi connectivity index (χ0) is 16.6. The van der Waals surface area contributed by atoms with E-state index in [9.17, 15) is 9.59 Å². The fourth-order valence-electron chi connectivity index (χ4n) is 5.92. The van der Waals surface area contributed by atoms with E-state index >= 15 is 0 Å². The number of carbonyl (C=O) groups is 2. The van der Waals surface area contributed by atoms with Crippen LogP contribution in [0.3, 0.4) is 0 Å². The van der Waals surface area contributed by atoms with Gasteiger partial charge in [0.25, 0.3) is 0 Å². The van der Waals surface area contributed by atoms with E-state index in [-0.39, 0.29) is 11.3 Å². The lowest BCUT2D eigenvalue weighted by molar-refractivity contribution is -0.117. The van der Waals surface area contributed by atoms with E-state index in [2.05, 4.69) is 19.1 Å². The van der Waals surface area contributed by atoms with E-state index in [1.165, 1.54) is 31.1 Å². The van der Waals surface area contributed by atoms with Crippen LogP contribution in [-0.4, -0.2) is 12.1 Å². The Kier molecular flexibility index (Phi) is 4.62. The van der Waals surface area contributed by atoms with Gasteiger partial charge in [0.05, 0.1) is 0 Å². The summed E-state index contributed by atoms with van der Waals surface area (Å²) < 4.78 is 0. The Balaban J connectivity index is 0.000000753. The van der Waals surface area contributed by atoms with Crippen LogP contribution >= 0.6 is 0 Å². The Morgan fingerprint density at radius 3 is 2.70 bits per heavy atom. The molecule has 2 nitrogen and oxygen atoms in total. The van der Waals surface area contributed by atoms with Crippen LogP contribution in [0.1, 0.15) is 59.3 Å². The number of carbonyl (C=O) groups excluding carboxylic acids is 2. The molecule has 2 saturated carbocycles. The lowest BCUT2D eigenvalue weighted by Gasteiger charge is -2.51. The van der Waals surface area contributed by atoms with E-state index in [0.29, 0.717) is 29.5 Å². The zero-order valence-electron chi connectivity index (χ0n) is 14.8. The van der Waals surface area contributed by atoms with Crippen LogP contribution in [0.2, 0.25) is 0 Å². The van der Waals surface area contributed by atoms with Crippen molar-refractivity contribution in [3.05, 3.63) is 23.8 Å². The molecule has 0 saturated heterocycles. The Morgan fingerprint density at radius 2 is 1.96 bits per heavy atom. The van der Waals surface area contributed by atoms with E-state index in [0.717, 1.165) is 19.3 Å². The molecule has 0 aromatic heterocycles. The van der Waals surface area contributed by atoms with Gasteiger partial charge in [-0.05, 0) is 72.8 Å². The third-order valence-electron chi connectivity index (χ3n) is 7.11. The molecule has 2 heteroatoms. The first-order valence-corrected chi connectivity index (χ1v) is 9.51. The average molecular weight is 314 g/mol. The van der Waals surface area contributed by atoms with Crippen LogP contribution in [0, 0.1) is 35.0 Å². The third-order valence-corrected chi connectivity index (χ3v) is 7.11. The highest BCUT2D eigenvalue weighted by atomic mass is 16.1. The Labute approximate surface area is 140 Å². The molecule has 5 unspecified atom stereocenters. The summed E-state index contributed by atoms with van der Waals surface area (Å²) in [4.78, 5) is 23.1. The van der Waals surface area contributed by atoms with Gasteiger partial charge in [-0.3, -0.25) is 4.79 Å². The molecule has 0 heterocycles. The maximum absolute atomic E-state index is 11.6. The Morgan fingerprint density at radius 1 is 1.17 bits per heavy atom. The van der Waals surface area contributed by atoms with Gasteiger partial charge in [0.2, 0.25) is 0 Å². The molecule has 0 amide bonds. The molecule has 4 aliphatic rings. The minimum atomic E-state index is 0.221. The van der Waals surface area contributed by atoms with Crippen molar-refractivity contribution in [2.24, 2.45) is 35.0 Å². The fourth-order valence-corrected chi connectivity index (χ4v) is 5.92. The van der Waals surface area contributed by atoms with Crippen molar-refractivity contribution in [3.8, 4) is 0 Å². The molecule has 0 spiro atoms. The first kappa shape index (κ1) is 16.7. The van der Waals surface area contributed by atoms with E-state index in [1.807, 2.05) is 19.9 Å². The highest BCUT2D eigenvalue weighted by molar-refractivity contribution is 5.91. The van der Waals surface area contributed by atoms with Gasteiger partial charge in [-0.2, -0.15) is 0 Å². The maximum atomic E-state index is 11.6. The number of ketones is 1. The van der Waals surface area contributed by atoms with Crippen molar-refractivity contribution < 1.29 is 9.59 Å². The summed E-state index contributed by atoms with van der Waals surface area (Å²) in [5, 5.41) is 0. The number of hydrogen-bond donors (Lipinski definition) is 0. The van der Waals surface area contributed by atoms with Crippen LogP contribution in [0.4, 0.5) is 0 Å². The van der Waals surface area contributed by atoms with Gasteiger partial charge in [0.15, 0.2) is 5.78 Å². The van der Waals surface area contributed by atoms with E-state index < -0.39 is 0 Å². The molecule has 6 atom stereocenters. The van der Waals surface area contributed by atoms with Crippen LogP contribution < -0.4 is 0 Å². The van der Waals surface area contributed by atoms with Gasteiger partial charge >= 0.3 is 0 Å². The first-order chi connectivity index (χ1) is 11.1. The van der Waals surface area contributed by atoms with Crippen LogP contribution in [0.25, 0.3) is 0 Å². The van der Waals surface area contributed by atoms with E-state index in [1.54, 1.807) is 0 Å². The minimum absolute atomic E-state index is 0.221. The number of aldehydes is 1. The summed E-state index contributed by atoms with van der Waals surface area (Å²) in [5.74, 6) is 3.16. The SMILES string of the molecule is CC.C[C@]12CCC3C4CCC(=O)C=C4C=CC3C1CCC2C=O. The van der Waals surface area contributed by atoms with Gasteiger partial charge in [0, 0.05) is 12.3 Å². The van der Waals surface area contributed by atoms with Crippen molar-refractivity contribution in [2.45, 2.75) is 59.3 Å².